The molecule has 6 heteroatoms. The highest BCUT2D eigenvalue weighted by Gasteiger charge is 2.19. The van der Waals surface area contributed by atoms with E-state index in [0.29, 0.717) is 25.8 Å². The van der Waals surface area contributed by atoms with Crippen molar-refractivity contribution in [1.82, 2.24) is 5.32 Å². The molecule has 6 nitrogen and oxygen atoms in total. The van der Waals surface area contributed by atoms with Crippen LogP contribution in [0.3, 0.4) is 0 Å². The Morgan fingerprint density at radius 3 is 2.39 bits per heavy atom. The van der Waals surface area contributed by atoms with Crippen molar-refractivity contribution < 1.29 is 4.79 Å². The van der Waals surface area contributed by atoms with Gasteiger partial charge in [-0.05, 0) is 31.1 Å². The summed E-state index contributed by atoms with van der Waals surface area (Å²) in [5.41, 5.74) is 0.146. The van der Waals surface area contributed by atoms with Gasteiger partial charge in [0.2, 0.25) is 5.91 Å². The molecule has 0 fully saturated rings. The summed E-state index contributed by atoms with van der Waals surface area (Å²) in [6, 6.07) is -0.850. The molecule has 18 heavy (non-hydrogen) atoms. The number of amides is 1. The molecule has 1 atom stereocenters. The Labute approximate surface area is 108 Å². The standard InChI is InChI=1S/C12H23N3O3/c1-12(2,3)7-9-13-11(16)10(15-18)6-4-5-8-14-17/h10H,4-9H2,1-3H3,(H,13,16)/t10-/m1/s1. The van der Waals surface area contributed by atoms with Gasteiger partial charge >= 0.3 is 0 Å². The monoisotopic (exact) mass is 257 g/mol. The number of carbonyl (C=O) groups excluding carboxylic acids is 1. The molecule has 0 saturated carbocycles. The summed E-state index contributed by atoms with van der Waals surface area (Å²) in [7, 11) is 0. The minimum Gasteiger partial charge on any atom is -0.354 e. The van der Waals surface area contributed by atoms with E-state index in [-0.39, 0.29) is 17.9 Å². The predicted octanol–water partition coefficient (Wildman–Crippen LogP) is 2.61. The van der Waals surface area contributed by atoms with Crippen LogP contribution in [0.5, 0.6) is 0 Å². The molecule has 0 bridgehead atoms. The molecule has 1 N–H and O–H groups in total. The second-order valence-corrected chi connectivity index (χ2v) is 5.57. The van der Waals surface area contributed by atoms with Crippen molar-refractivity contribution in [3.8, 4) is 0 Å². The van der Waals surface area contributed by atoms with Crippen LogP contribution in [0.25, 0.3) is 0 Å². The molecule has 0 aliphatic rings. The van der Waals surface area contributed by atoms with Crippen molar-refractivity contribution in [2.24, 2.45) is 15.8 Å². The number of nitroso groups, excluding NO2 is 2. The van der Waals surface area contributed by atoms with Gasteiger partial charge in [0.15, 0.2) is 6.04 Å². The summed E-state index contributed by atoms with van der Waals surface area (Å²) >= 11 is 0. The predicted molar refractivity (Wildman–Crippen MR) is 71.2 cm³/mol. The lowest BCUT2D eigenvalue weighted by molar-refractivity contribution is -0.122. The van der Waals surface area contributed by atoms with Crippen LogP contribution in [0.15, 0.2) is 10.4 Å². The van der Waals surface area contributed by atoms with Gasteiger partial charge in [-0.3, -0.25) is 4.79 Å². The lowest BCUT2D eigenvalue weighted by Crippen LogP contribution is -2.35. The Kier molecular flexibility index (Phi) is 8.07. The van der Waals surface area contributed by atoms with Gasteiger partial charge in [0.05, 0.1) is 6.54 Å². The number of hydrogen-bond acceptors (Lipinski definition) is 5. The molecule has 0 aromatic heterocycles. The van der Waals surface area contributed by atoms with Crippen LogP contribution >= 0.6 is 0 Å². The van der Waals surface area contributed by atoms with Crippen LogP contribution < -0.4 is 5.32 Å². The number of nitrogens with one attached hydrogen (secondary N) is 1. The fourth-order valence-corrected chi connectivity index (χ4v) is 1.42. The second-order valence-electron chi connectivity index (χ2n) is 5.57. The highest BCUT2D eigenvalue weighted by atomic mass is 16.3. The third-order valence-corrected chi connectivity index (χ3v) is 2.58. The van der Waals surface area contributed by atoms with Crippen molar-refractivity contribution >= 4 is 5.91 Å². The molecule has 0 saturated heterocycles. The summed E-state index contributed by atoms with van der Waals surface area (Å²) in [5.74, 6) is -0.326. The number of rotatable bonds is 9. The van der Waals surface area contributed by atoms with Gasteiger partial charge in [0.25, 0.3) is 0 Å². The Hall–Kier alpha value is -1.33. The summed E-state index contributed by atoms with van der Waals surface area (Å²) in [6.45, 7) is 7.02. The zero-order chi connectivity index (χ0) is 14.0. The third-order valence-electron chi connectivity index (χ3n) is 2.58. The van der Waals surface area contributed by atoms with E-state index in [2.05, 4.69) is 36.4 Å². The molecule has 0 radical (unpaired) electrons. The van der Waals surface area contributed by atoms with E-state index >= 15 is 0 Å². The first-order valence-electron chi connectivity index (χ1n) is 6.30. The molecule has 0 rings (SSSR count). The van der Waals surface area contributed by atoms with E-state index in [9.17, 15) is 14.6 Å². The average molecular weight is 257 g/mol. The first-order valence-corrected chi connectivity index (χ1v) is 6.30. The van der Waals surface area contributed by atoms with E-state index in [1.165, 1.54) is 0 Å². The molecule has 0 aliphatic heterocycles. The van der Waals surface area contributed by atoms with Crippen LogP contribution in [0, 0.1) is 15.2 Å². The molecule has 0 heterocycles. The number of hydrogen-bond donors (Lipinski definition) is 1. The van der Waals surface area contributed by atoms with E-state index in [1.54, 1.807) is 0 Å². The van der Waals surface area contributed by atoms with Crippen molar-refractivity contribution in [1.29, 1.82) is 0 Å². The van der Waals surface area contributed by atoms with Gasteiger partial charge in [0.1, 0.15) is 0 Å². The van der Waals surface area contributed by atoms with Crippen molar-refractivity contribution in [2.45, 2.75) is 52.5 Å². The van der Waals surface area contributed by atoms with Crippen molar-refractivity contribution in [3.05, 3.63) is 9.81 Å². The van der Waals surface area contributed by atoms with Gasteiger partial charge < -0.3 is 5.32 Å². The van der Waals surface area contributed by atoms with Gasteiger partial charge in [-0.25, -0.2) is 0 Å². The molecule has 104 valence electrons. The van der Waals surface area contributed by atoms with Crippen LogP contribution in [-0.4, -0.2) is 25.0 Å². The van der Waals surface area contributed by atoms with E-state index in [4.69, 9.17) is 0 Å². The molecule has 0 aliphatic carbocycles. The number of carbonyl (C=O) groups is 1. The molecule has 0 unspecified atom stereocenters. The van der Waals surface area contributed by atoms with Gasteiger partial charge in [-0.15, -0.1) is 4.91 Å². The zero-order valence-corrected chi connectivity index (χ0v) is 11.4. The van der Waals surface area contributed by atoms with Crippen molar-refractivity contribution in [3.63, 3.8) is 0 Å². The lowest BCUT2D eigenvalue weighted by atomic mass is 9.92. The third kappa shape index (κ3) is 8.78. The molecule has 0 aromatic rings. The molecule has 0 aromatic carbocycles. The molecule has 1 amide bonds. The Morgan fingerprint density at radius 1 is 1.22 bits per heavy atom. The maximum Gasteiger partial charge on any atom is 0.248 e. The molecular formula is C12H23N3O3. The SMILES string of the molecule is CC(C)(C)CCNC(=O)[C@@H](CCCCN=O)N=O. The van der Waals surface area contributed by atoms with E-state index in [0.717, 1.165) is 6.42 Å². The van der Waals surface area contributed by atoms with Crippen LogP contribution in [0.4, 0.5) is 0 Å². The number of unbranched alkanes of at least 4 members (excludes halogenated alkanes) is 1. The summed E-state index contributed by atoms with van der Waals surface area (Å²) < 4.78 is 0. The normalized spacial score (nSPS) is 12.8. The topological polar surface area (TPSA) is 88.0 Å². The smallest absolute Gasteiger partial charge is 0.248 e. The van der Waals surface area contributed by atoms with E-state index < -0.39 is 6.04 Å². The van der Waals surface area contributed by atoms with Crippen LogP contribution in [0.1, 0.15) is 46.5 Å². The first kappa shape index (κ1) is 16.7. The maximum atomic E-state index is 11.6. The Balaban J connectivity index is 3.88. The van der Waals surface area contributed by atoms with Gasteiger partial charge in [-0.2, -0.15) is 4.91 Å². The molecule has 0 spiro atoms. The highest BCUT2D eigenvalue weighted by Crippen LogP contribution is 2.17. The van der Waals surface area contributed by atoms with E-state index in [1.807, 2.05) is 0 Å². The summed E-state index contributed by atoms with van der Waals surface area (Å²) in [5, 5.41) is 8.26. The summed E-state index contributed by atoms with van der Waals surface area (Å²) in [4.78, 5) is 32.1. The minimum atomic E-state index is -0.850. The Morgan fingerprint density at radius 2 is 1.89 bits per heavy atom. The van der Waals surface area contributed by atoms with Gasteiger partial charge in [0, 0.05) is 6.54 Å². The molecular weight excluding hydrogens is 234 g/mol. The zero-order valence-electron chi connectivity index (χ0n) is 11.4. The van der Waals surface area contributed by atoms with Gasteiger partial charge in [-0.1, -0.05) is 31.1 Å². The highest BCUT2D eigenvalue weighted by molar-refractivity contribution is 5.81. The lowest BCUT2D eigenvalue weighted by Gasteiger charge is -2.18. The summed E-state index contributed by atoms with van der Waals surface area (Å²) in [6.07, 6.45) is 2.42. The van der Waals surface area contributed by atoms with Crippen molar-refractivity contribution in [2.75, 3.05) is 13.1 Å². The average Bonchev–Trinajstić information content (AvgIpc) is 2.27. The fourth-order valence-electron chi connectivity index (χ4n) is 1.42. The minimum absolute atomic E-state index is 0.146. The van der Waals surface area contributed by atoms with Crippen LogP contribution in [-0.2, 0) is 4.79 Å². The maximum absolute atomic E-state index is 11.6. The fraction of sp³-hybridized carbons (Fsp3) is 0.917. The van der Waals surface area contributed by atoms with Crippen LogP contribution in [0.2, 0.25) is 0 Å². The second kappa shape index (κ2) is 8.72. The Bertz CT molecular complexity index is 274. The quantitative estimate of drug-likeness (QED) is 0.508. The first-order chi connectivity index (χ1) is 8.40. The largest absolute Gasteiger partial charge is 0.354 e. The number of nitrogens with zero attached hydrogens (tertiary/aromatic N) is 2.